The quantitative estimate of drug-likeness (QED) is 0.462. The number of hydrogen-bond acceptors (Lipinski definition) is 5. The van der Waals surface area contributed by atoms with Gasteiger partial charge in [-0.1, -0.05) is 20.8 Å². The van der Waals surface area contributed by atoms with Crippen molar-refractivity contribution in [1.29, 1.82) is 0 Å². The second kappa shape index (κ2) is 7.79. The summed E-state index contributed by atoms with van der Waals surface area (Å²) >= 11 is 1.56. The van der Waals surface area contributed by atoms with Crippen LogP contribution in [-0.4, -0.2) is 14.9 Å². The second-order valence-corrected chi connectivity index (χ2v) is 5.99. The molecule has 6 heteroatoms. The molecule has 0 unspecified atom stereocenters. The Morgan fingerprint density at radius 3 is 2.58 bits per heavy atom. The molecule has 0 N–H and O–H groups in total. The van der Waals surface area contributed by atoms with Gasteiger partial charge >= 0.3 is 0 Å². The maximum atomic E-state index is 10.7. The van der Waals surface area contributed by atoms with E-state index < -0.39 is 4.92 Å². The Bertz CT molecular complexity index is 828. The Morgan fingerprint density at radius 2 is 1.92 bits per heavy atom. The fraction of sp³-hybridized carbons (Fsp3) is 0.222. The van der Waals surface area contributed by atoms with Gasteiger partial charge in [0.1, 0.15) is 5.01 Å². The summed E-state index contributed by atoms with van der Waals surface area (Å²) < 4.78 is 0. The number of benzene rings is 1. The van der Waals surface area contributed by atoms with Crippen molar-refractivity contribution >= 4 is 17.0 Å². The van der Waals surface area contributed by atoms with Gasteiger partial charge in [0.2, 0.25) is 0 Å². The van der Waals surface area contributed by atoms with Gasteiger partial charge in [0.05, 0.1) is 10.6 Å². The summed E-state index contributed by atoms with van der Waals surface area (Å²) in [5.41, 5.74) is 3.91. The molecule has 3 rings (SSSR count). The highest BCUT2D eigenvalue weighted by atomic mass is 32.1. The second-order valence-electron chi connectivity index (χ2n) is 5.13. The number of nitro benzene ring substituents is 1. The first-order valence-electron chi connectivity index (χ1n) is 7.33. The summed E-state index contributed by atoms with van der Waals surface area (Å²) in [6.45, 7) is 2.13. The molecule has 5 nitrogen and oxygen atoms in total. The van der Waals surface area contributed by atoms with E-state index in [1.165, 1.54) is 12.1 Å². The third kappa shape index (κ3) is 3.83. The minimum absolute atomic E-state index is 0. The number of pyridine rings is 1. The maximum Gasteiger partial charge on any atom is 0.269 e. The van der Waals surface area contributed by atoms with Crippen LogP contribution in [0.1, 0.15) is 26.5 Å². The molecular weight excluding hydrogens is 322 g/mol. The van der Waals surface area contributed by atoms with Gasteiger partial charge in [-0.2, -0.15) is 0 Å². The number of nitrogens with zero attached hydrogens (tertiary/aromatic N) is 3. The maximum absolute atomic E-state index is 10.7. The summed E-state index contributed by atoms with van der Waals surface area (Å²) in [5.74, 6) is 0. The zero-order valence-electron chi connectivity index (χ0n) is 12.6. The van der Waals surface area contributed by atoms with Crippen LogP contribution in [0, 0.1) is 10.1 Å². The van der Waals surface area contributed by atoms with E-state index >= 15 is 0 Å². The molecule has 24 heavy (non-hydrogen) atoms. The zero-order valence-corrected chi connectivity index (χ0v) is 13.4. The van der Waals surface area contributed by atoms with E-state index in [0.29, 0.717) is 0 Å². The largest absolute Gasteiger partial charge is 0.269 e. The van der Waals surface area contributed by atoms with Crippen molar-refractivity contribution in [2.24, 2.45) is 0 Å². The number of aromatic nitrogens is 2. The predicted octanol–water partition coefficient (Wildman–Crippen LogP) is 5.37. The molecule has 0 saturated heterocycles. The van der Waals surface area contributed by atoms with Gasteiger partial charge in [-0.15, -0.1) is 11.3 Å². The summed E-state index contributed by atoms with van der Waals surface area (Å²) in [6, 6.07) is 10.5. The minimum Gasteiger partial charge on any atom is -0.261 e. The van der Waals surface area contributed by atoms with E-state index in [9.17, 15) is 10.1 Å². The lowest BCUT2D eigenvalue weighted by Gasteiger charge is -2.00. The van der Waals surface area contributed by atoms with Crippen molar-refractivity contribution in [3.63, 3.8) is 0 Å². The van der Waals surface area contributed by atoms with Crippen LogP contribution in [0.25, 0.3) is 21.8 Å². The van der Waals surface area contributed by atoms with E-state index in [-0.39, 0.29) is 13.1 Å². The van der Waals surface area contributed by atoms with Crippen molar-refractivity contribution < 1.29 is 4.92 Å². The monoisotopic (exact) mass is 341 g/mol. The molecule has 0 saturated carbocycles. The Labute approximate surface area is 145 Å². The number of aryl methyl sites for hydroxylation is 1. The van der Waals surface area contributed by atoms with Gasteiger partial charge in [-0.05, 0) is 30.7 Å². The third-order valence-corrected chi connectivity index (χ3v) is 4.34. The predicted molar refractivity (Wildman–Crippen MR) is 98.2 cm³/mol. The van der Waals surface area contributed by atoms with Crippen molar-refractivity contribution in [1.82, 2.24) is 9.97 Å². The zero-order chi connectivity index (χ0) is 16.2. The standard InChI is InChI=1S/C17H15N3O2S.CH4/c1-2-3-14-10-13(8-9-18-14)17-19-16(11-23-17)12-4-6-15(7-5-12)20(21)22;/h4-11H,2-3H2,1H3;1H4. The lowest BCUT2D eigenvalue weighted by atomic mass is 10.1. The average Bonchev–Trinajstić information content (AvgIpc) is 3.05. The Balaban J connectivity index is 0.00000208. The van der Waals surface area contributed by atoms with Crippen LogP contribution in [0.5, 0.6) is 0 Å². The summed E-state index contributed by atoms with van der Waals surface area (Å²) in [7, 11) is 0. The van der Waals surface area contributed by atoms with Crippen molar-refractivity contribution in [2.75, 3.05) is 0 Å². The van der Waals surface area contributed by atoms with E-state index in [0.717, 1.165) is 40.4 Å². The van der Waals surface area contributed by atoms with Crippen LogP contribution < -0.4 is 0 Å². The molecule has 0 aliphatic heterocycles. The molecule has 124 valence electrons. The Hall–Kier alpha value is -2.60. The van der Waals surface area contributed by atoms with Crippen molar-refractivity contribution in [2.45, 2.75) is 27.2 Å². The van der Waals surface area contributed by atoms with Crippen LogP contribution in [0.2, 0.25) is 0 Å². The van der Waals surface area contributed by atoms with E-state index in [4.69, 9.17) is 0 Å². The number of rotatable bonds is 5. The molecule has 0 amide bonds. The van der Waals surface area contributed by atoms with E-state index in [1.807, 2.05) is 17.6 Å². The average molecular weight is 341 g/mol. The lowest BCUT2D eigenvalue weighted by Crippen LogP contribution is -1.89. The fourth-order valence-electron chi connectivity index (χ4n) is 2.30. The van der Waals surface area contributed by atoms with Gasteiger partial charge in [-0.25, -0.2) is 4.98 Å². The summed E-state index contributed by atoms with van der Waals surface area (Å²) in [5, 5.41) is 13.6. The number of hydrogen-bond donors (Lipinski definition) is 0. The molecule has 0 fully saturated rings. The van der Waals surface area contributed by atoms with Crippen LogP contribution in [0.4, 0.5) is 5.69 Å². The molecule has 0 aliphatic rings. The van der Waals surface area contributed by atoms with Gasteiger partial charge in [0.15, 0.2) is 0 Å². The van der Waals surface area contributed by atoms with Crippen LogP contribution in [0.15, 0.2) is 48.0 Å². The smallest absolute Gasteiger partial charge is 0.261 e. The first-order valence-corrected chi connectivity index (χ1v) is 8.21. The molecule has 0 bridgehead atoms. The first-order chi connectivity index (χ1) is 11.2. The topological polar surface area (TPSA) is 68.9 Å². The number of thiazole rings is 1. The normalized spacial score (nSPS) is 10.2. The van der Waals surface area contributed by atoms with E-state index in [1.54, 1.807) is 23.5 Å². The SMILES string of the molecule is C.CCCc1cc(-c2nc(-c3ccc([N+](=O)[O-])cc3)cs2)ccn1. The molecule has 0 spiro atoms. The molecule has 0 aliphatic carbocycles. The highest BCUT2D eigenvalue weighted by Gasteiger charge is 2.10. The molecule has 1 aromatic carbocycles. The van der Waals surface area contributed by atoms with Gasteiger partial charge < -0.3 is 0 Å². The Morgan fingerprint density at radius 1 is 1.17 bits per heavy atom. The number of nitro groups is 1. The summed E-state index contributed by atoms with van der Waals surface area (Å²) in [4.78, 5) is 19.3. The summed E-state index contributed by atoms with van der Waals surface area (Å²) in [6.07, 6.45) is 3.82. The Kier molecular flexibility index (Phi) is 5.76. The van der Waals surface area contributed by atoms with Gasteiger partial charge in [0.25, 0.3) is 5.69 Å². The van der Waals surface area contributed by atoms with Gasteiger partial charge in [0, 0.05) is 40.5 Å². The molecule has 2 heterocycles. The van der Waals surface area contributed by atoms with Crippen molar-refractivity contribution in [3.05, 3.63) is 63.8 Å². The van der Waals surface area contributed by atoms with Crippen LogP contribution in [0.3, 0.4) is 0 Å². The third-order valence-electron chi connectivity index (χ3n) is 3.45. The molecule has 2 aromatic heterocycles. The van der Waals surface area contributed by atoms with Crippen LogP contribution >= 0.6 is 11.3 Å². The van der Waals surface area contributed by atoms with E-state index in [2.05, 4.69) is 23.0 Å². The number of non-ortho nitro benzene ring substituents is 1. The first kappa shape index (κ1) is 17.7. The molecular formula is C18H19N3O2S. The van der Waals surface area contributed by atoms with Crippen LogP contribution in [-0.2, 0) is 6.42 Å². The highest BCUT2D eigenvalue weighted by molar-refractivity contribution is 7.13. The molecule has 0 radical (unpaired) electrons. The van der Waals surface area contributed by atoms with Crippen molar-refractivity contribution in [3.8, 4) is 21.8 Å². The lowest BCUT2D eigenvalue weighted by molar-refractivity contribution is -0.384. The van der Waals surface area contributed by atoms with Gasteiger partial charge in [-0.3, -0.25) is 15.1 Å². The fourth-order valence-corrected chi connectivity index (χ4v) is 3.12. The minimum atomic E-state index is -0.400. The highest BCUT2D eigenvalue weighted by Crippen LogP contribution is 2.29. The molecule has 3 aromatic rings. The molecule has 0 atom stereocenters.